The third-order valence-electron chi connectivity index (χ3n) is 3.01. The van der Waals surface area contributed by atoms with Gasteiger partial charge in [0.15, 0.2) is 0 Å². The number of benzene rings is 2. The summed E-state index contributed by atoms with van der Waals surface area (Å²) in [6, 6.07) is 11.4. The molecule has 21 heavy (non-hydrogen) atoms. The van der Waals surface area contributed by atoms with Gasteiger partial charge in [-0.25, -0.2) is 4.39 Å². The fraction of sp³-hybridized carbons (Fsp3) is 0. The molecule has 0 aliphatic carbocycles. The highest BCUT2D eigenvalue weighted by Gasteiger charge is 2.18. The molecule has 3 aromatic rings. The summed E-state index contributed by atoms with van der Waals surface area (Å²) in [5.74, 6) is -0.790. The number of halogens is 2. The summed E-state index contributed by atoms with van der Waals surface area (Å²) >= 11 is 6.95. The molecular weight excluding hydrogens is 311 g/mol. The second-order valence-corrected chi connectivity index (χ2v) is 5.91. The van der Waals surface area contributed by atoms with Crippen LogP contribution in [0.4, 0.5) is 15.8 Å². The highest BCUT2D eigenvalue weighted by molar-refractivity contribution is 7.21. The summed E-state index contributed by atoms with van der Waals surface area (Å²) < 4.78 is 14.4. The van der Waals surface area contributed by atoms with Gasteiger partial charge in [0.05, 0.1) is 11.1 Å². The van der Waals surface area contributed by atoms with Crippen LogP contribution in [0.1, 0.15) is 9.67 Å². The smallest absolute Gasteiger partial charge is 0.267 e. The fourth-order valence-corrected chi connectivity index (χ4v) is 3.18. The Labute approximate surface area is 129 Å². The van der Waals surface area contributed by atoms with E-state index in [2.05, 4.69) is 5.32 Å². The van der Waals surface area contributed by atoms with E-state index in [1.807, 2.05) is 0 Å². The van der Waals surface area contributed by atoms with Crippen molar-refractivity contribution in [1.82, 2.24) is 0 Å². The van der Waals surface area contributed by atoms with E-state index >= 15 is 0 Å². The summed E-state index contributed by atoms with van der Waals surface area (Å²) in [7, 11) is 0. The second kappa shape index (κ2) is 5.35. The SMILES string of the molecule is Nc1c(C(=O)Nc2ccc(Cl)cc2)sc2cccc(F)c12. The van der Waals surface area contributed by atoms with E-state index in [1.54, 1.807) is 36.4 Å². The van der Waals surface area contributed by atoms with Crippen molar-refractivity contribution < 1.29 is 9.18 Å². The predicted octanol–water partition coefficient (Wildman–Crippen LogP) is 4.53. The molecule has 6 heteroatoms. The number of nitrogen functional groups attached to an aromatic ring is 1. The molecule has 1 heterocycles. The molecule has 1 aromatic heterocycles. The van der Waals surface area contributed by atoms with Gasteiger partial charge in [-0.15, -0.1) is 11.3 Å². The number of rotatable bonds is 2. The van der Waals surface area contributed by atoms with Crippen molar-refractivity contribution in [3.63, 3.8) is 0 Å². The number of hydrogen-bond donors (Lipinski definition) is 2. The quantitative estimate of drug-likeness (QED) is 0.729. The fourth-order valence-electron chi connectivity index (χ4n) is 2.02. The van der Waals surface area contributed by atoms with Crippen molar-refractivity contribution in [1.29, 1.82) is 0 Å². The van der Waals surface area contributed by atoms with E-state index in [-0.39, 0.29) is 11.6 Å². The molecule has 0 aliphatic rings. The minimum Gasteiger partial charge on any atom is -0.397 e. The van der Waals surface area contributed by atoms with Crippen molar-refractivity contribution in [2.75, 3.05) is 11.1 Å². The minimum absolute atomic E-state index is 0.166. The number of nitrogens with one attached hydrogen (secondary N) is 1. The zero-order valence-electron chi connectivity index (χ0n) is 10.7. The number of hydrogen-bond acceptors (Lipinski definition) is 3. The van der Waals surface area contributed by atoms with E-state index in [4.69, 9.17) is 17.3 Å². The standard InChI is InChI=1S/C15H10ClFN2OS/c16-8-4-6-9(7-5-8)19-15(20)14-13(18)12-10(17)2-1-3-11(12)21-14/h1-7H,18H2,(H,19,20). The second-order valence-electron chi connectivity index (χ2n) is 4.42. The molecule has 2 aromatic carbocycles. The van der Waals surface area contributed by atoms with Crippen LogP contribution >= 0.6 is 22.9 Å². The number of fused-ring (bicyclic) bond motifs is 1. The van der Waals surface area contributed by atoms with Gasteiger partial charge in [0.1, 0.15) is 10.7 Å². The Bertz CT molecular complexity index is 830. The van der Waals surface area contributed by atoms with Gasteiger partial charge in [-0.1, -0.05) is 17.7 Å². The van der Waals surface area contributed by atoms with E-state index in [1.165, 1.54) is 17.4 Å². The normalized spacial score (nSPS) is 10.8. The summed E-state index contributed by atoms with van der Waals surface area (Å²) in [5.41, 5.74) is 6.67. The lowest BCUT2D eigenvalue weighted by Crippen LogP contribution is -2.11. The monoisotopic (exact) mass is 320 g/mol. The first-order chi connectivity index (χ1) is 10.1. The van der Waals surface area contributed by atoms with Crippen LogP contribution in [0.3, 0.4) is 0 Å². The average Bonchev–Trinajstić information content (AvgIpc) is 2.80. The first kappa shape index (κ1) is 13.9. The van der Waals surface area contributed by atoms with Crippen LogP contribution in [-0.2, 0) is 0 Å². The van der Waals surface area contributed by atoms with Crippen molar-refractivity contribution in [3.8, 4) is 0 Å². The van der Waals surface area contributed by atoms with E-state index in [9.17, 15) is 9.18 Å². The first-order valence-electron chi connectivity index (χ1n) is 6.09. The largest absolute Gasteiger partial charge is 0.397 e. The molecule has 3 nitrogen and oxygen atoms in total. The molecule has 3 rings (SSSR count). The first-order valence-corrected chi connectivity index (χ1v) is 7.29. The van der Waals surface area contributed by atoms with Gasteiger partial charge in [-0.3, -0.25) is 4.79 Å². The lowest BCUT2D eigenvalue weighted by Gasteiger charge is -2.04. The zero-order valence-corrected chi connectivity index (χ0v) is 12.3. The van der Waals surface area contributed by atoms with Crippen LogP contribution < -0.4 is 11.1 Å². The van der Waals surface area contributed by atoms with Crippen LogP contribution in [0.25, 0.3) is 10.1 Å². The van der Waals surface area contributed by atoms with E-state index < -0.39 is 5.82 Å². The molecular formula is C15H10ClFN2OS. The molecule has 0 atom stereocenters. The van der Waals surface area contributed by atoms with Gasteiger partial charge in [-0.2, -0.15) is 0 Å². The van der Waals surface area contributed by atoms with Gasteiger partial charge in [-0.05, 0) is 36.4 Å². The zero-order chi connectivity index (χ0) is 15.0. The number of carbonyl (C=O) groups is 1. The lowest BCUT2D eigenvalue weighted by atomic mass is 10.2. The highest BCUT2D eigenvalue weighted by Crippen LogP contribution is 2.35. The van der Waals surface area contributed by atoms with Gasteiger partial charge < -0.3 is 11.1 Å². The van der Waals surface area contributed by atoms with Crippen LogP contribution in [0.2, 0.25) is 5.02 Å². The van der Waals surface area contributed by atoms with Crippen LogP contribution in [0.15, 0.2) is 42.5 Å². The maximum atomic E-state index is 13.8. The molecule has 0 unspecified atom stereocenters. The topological polar surface area (TPSA) is 55.1 Å². The molecule has 0 bridgehead atoms. The Morgan fingerprint density at radius 3 is 2.57 bits per heavy atom. The molecule has 0 spiro atoms. The molecule has 3 N–H and O–H groups in total. The highest BCUT2D eigenvalue weighted by atomic mass is 35.5. The Balaban J connectivity index is 1.96. The summed E-state index contributed by atoms with van der Waals surface area (Å²) in [4.78, 5) is 12.6. The molecule has 0 aliphatic heterocycles. The third kappa shape index (κ3) is 2.57. The number of carbonyl (C=O) groups excluding carboxylic acids is 1. The van der Waals surface area contributed by atoms with Crippen molar-refractivity contribution in [2.24, 2.45) is 0 Å². The molecule has 0 fully saturated rings. The molecule has 106 valence electrons. The van der Waals surface area contributed by atoms with Crippen molar-refractivity contribution in [3.05, 3.63) is 58.2 Å². The summed E-state index contributed by atoms with van der Waals surface area (Å²) in [6.07, 6.45) is 0. The van der Waals surface area contributed by atoms with Gasteiger partial charge >= 0.3 is 0 Å². The molecule has 1 amide bonds. The van der Waals surface area contributed by atoms with Crippen LogP contribution in [-0.4, -0.2) is 5.91 Å². The minimum atomic E-state index is -0.424. The Morgan fingerprint density at radius 1 is 1.19 bits per heavy atom. The summed E-state index contributed by atoms with van der Waals surface area (Å²) in [5, 5.41) is 3.59. The van der Waals surface area contributed by atoms with Crippen molar-refractivity contribution in [2.45, 2.75) is 0 Å². The van der Waals surface area contributed by atoms with E-state index in [0.717, 1.165) is 0 Å². The van der Waals surface area contributed by atoms with E-state index in [0.29, 0.717) is 25.7 Å². The van der Waals surface area contributed by atoms with Gasteiger partial charge in [0.2, 0.25) is 0 Å². The van der Waals surface area contributed by atoms with Crippen LogP contribution in [0, 0.1) is 5.82 Å². The maximum Gasteiger partial charge on any atom is 0.267 e. The van der Waals surface area contributed by atoms with Crippen LogP contribution in [0.5, 0.6) is 0 Å². The number of anilines is 2. The Kier molecular flexibility index (Phi) is 3.53. The third-order valence-corrected chi connectivity index (χ3v) is 4.43. The Morgan fingerprint density at radius 2 is 1.90 bits per heavy atom. The van der Waals surface area contributed by atoms with Crippen molar-refractivity contribution >= 4 is 50.3 Å². The lowest BCUT2D eigenvalue weighted by molar-refractivity contribution is 0.103. The predicted molar refractivity (Wildman–Crippen MR) is 85.6 cm³/mol. The maximum absolute atomic E-state index is 13.8. The Hall–Kier alpha value is -2.11. The number of nitrogens with two attached hydrogens (primary N) is 1. The average molecular weight is 321 g/mol. The molecule has 0 saturated carbocycles. The molecule has 0 saturated heterocycles. The van der Waals surface area contributed by atoms with Gasteiger partial charge in [0.25, 0.3) is 5.91 Å². The summed E-state index contributed by atoms with van der Waals surface area (Å²) in [6.45, 7) is 0. The number of amides is 1. The number of thiophene rings is 1. The van der Waals surface area contributed by atoms with Gasteiger partial charge in [0, 0.05) is 15.4 Å². The molecule has 0 radical (unpaired) electrons.